The molecular weight excluding hydrogens is 268 g/mol. The lowest BCUT2D eigenvalue weighted by Crippen LogP contribution is -2.22. The van der Waals surface area contributed by atoms with Crippen molar-refractivity contribution in [3.63, 3.8) is 0 Å². The second-order valence-electron chi connectivity index (χ2n) is 5.27. The largest absolute Gasteiger partial charge is 0.486 e. The molecule has 0 spiro atoms. The number of para-hydroxylation sites is 1. The van der Waals surface area contributed by atoms with Crippen molar-refractivity contribution in [3.8, 4) is 5.75 Å². The number of aryl methyl sites for hydroxylation is 2. The first-order chi connectivity index (χ1) is 9.56. The summed E-state index contributed by atoms with van der Waals surface area (Å²) in [5.74, 6) is 0.980. The smallest absolute Gasteiger partial charge is 0.140 e. The monoisotopic (exact) mass is 290 g/mol. The highest BCUT2D eigenvalue weighted by atomic mass is 32.1. The van der Waals surface area contributed by atoms with Gasteiger partial charge in [-0.1, -0.05) is 32.0 Å². The number of rotatable bonds is 6. The van der Waals surface area contributed by atoms with Crippen molar-refractivity contribution in [1.29, 1.82) is 0 Å². The third-order valence-corrected chi connectivity index (χ3v) is 3.94. The zero-order valence-electron chi connectivity index (χ0n) is 12.6. The zero-order valence-corrected chi connectivity index (χ0v) is 13.4. The van der Waals surface area contributed by atoms with Gasteiger partial charge in [-0.2, -0.15) is 0 Å². The van der Waals surface area contributed by atoms with E-state index in [0.717, 1.165) is 23.0 Å². The summed E-state index contributed by atoms with van der Waals surface area (Å²) in [5.41, 5.74) is 3.42. The number of benzene rings is 1. The number of hydrogen-bond donors (Lipinski definition) is 1. The van der Waals surface area contributed by atoms with Gasteiger partial charge in [0.2, 0.25) is 0 Å². The van der Waals surface area contributed by atoms with Crippen LogP contribution in [0.5, 0.6) is 5.75 Å². The summed E-state index contributed by atoms with van der Waals surface area (Å²) in [6.07, 6.45) is 0. The predicted molar refractivity (Wildman–Crippen MR) is 84.3 cm³/mol. The molecular formula is C16H22N2OS. The first kappa shape index (κ1) is 15.0. The van der Waals surface area contributed by atoms with Crippen molar-refractivity contribution in [2.45, 2.75) is 46.9 Å². The minimum atomic E-state index is 0.463. The maximum Gasteiger partial charge on any atom is 0.140 e. The molecule has 2 rings (SSSR count). The third-order valence-electron chi connectivity index (χ3n) is 3.00. The van der Waals surface area contributed by atoms with Gasteiger partial charge in [-0.05, 0) is 19.4 Å². The van der Waals surface area contributed by atoms with Crippen LogP contribution in [-0.4, -0.2) is 11.0 Å². The van der Waals surface area contributed by atoms with Gasteiger partial charge in [0.15, 0.2) is 0 Å². The highest BCUT2D eigenvalue weighted by Crippen LogP contribution is 2.25. The Morgan fingerprint density at radius 1 is 1.30 bits per heavy atom. The fourth-order valence-electron chi connectivity index (χ4n) is 1.98. The van der Waals surface area contributed by atoms with Crippen LogP contribution in [0.15, 0.2) is 23.6 Å². The van der Waals surface area contributed by atoms with E-state index < -0.39 is 0 Å². The molecule has 0 saturated carbocycles. The van der Waals surface area contributed by atoms with Crippen LogP contribution in [0, 0.1) is 13.8 Å². The Morgan fingerprint density at radius 2 is 2.10 bits per heavy atom. The molecule has 0 atom stereocenters. The summed E-state index contributed by atoms with van der Waals surface area (Å²) in [7, 11) is 0. The molecule has 0 fully saturated rings. The molecule has 3 nitrogen and oxygen atoms in total. The molecule has 0 aliphatic rings. The molecule has 0 aliphatic carbocycles. The van der Waals surface area contributed by atoms with Crippen molar-refractivity contribution in [2.24, 2.45) is 0 Å². The van der Waals surface area contributed by atoms with E-state index in [1.54, 1.807) is 11.3 Å². The van der Waals surface area contributed by atoms with Crippen molar-refractivity contribution < 1.29 is 4.74 Å². The zero-order chi connectivity index (χ0) is 14.5. The summed E-state index contributed by atoms with van der Waals surface area (Å²) >= 11 is 1.65. The fourth-order valence-corrected chi connectivity index (χ4v) is 2.66. The normalized spacial score (nSPS) is 11.1. The minimum absolute atomic E-state index is 0.463. The molecule has 0 amide bonds. The molecule has 4 heteroatoms. The lowest BCUT2D eigenvalue weighted by atomic mass is 10.1. The van der Waals surface area contributed by atoms with Gasteiger partial charge in [-0.15, -0.1) is 11.3 Å². The Kier molecular flexibility index (Phi) is 5.15. The minimum Gasteiger partial charge on any atom is -0.486 e. The number of nitrogens with zero attached hydrogens (tertiary/aromatic N) is 1. The third kappa shape index (κ3) is 4.05. The Bertz CT molecular complexity index is 563. The molecule has 0 radical (unpaired) electrons. The Morgan fingerprint density at radius 3 is 2.75 bits per heavy atom. The number of ether oxygens (including phenoxy) is 1. The molecule has 108 valence electrons. The number of hydrogen-bond acceptors (Lipinski definition) is 4. The van der Waals surface area contributed by atoms with Crippen LogP contribution in [0.2, 0.25) is 0 Å². The summed E-state index contributed by atoms with van der Waals surface area (Å²) in [6.45, 7) is 9.75. The van der Waals surface area contributed by atoms with Gasteiger partial charge >= 0.3 is 0 Å². The van der Waals surface area contributed by atoms with E-state index in [4.69, 9.17) is 4.74 Å². The molecule has 0 aliphatic heterocycles. The average molecular weight is 290 g/mol. The molecule has 1 aromatic carbocycles. The standard InChI is InChI=1S/C16H22N2OS/c1-11(2)17-8-14-7-5-6-12(3)16(14)19-9-15-18-13(4)10-20-15/h5-7,10-11,17H,8-9H2,1-4H3. The van der Waals surface area contributed by atoms with Crippen LogP contribution in [-0.2, 0) is 13.2 Å². The molecule has 20 heavy (non-hydrogen) atoms. The topological polar surface area (TPSA) is 34.1 Å². The van der Waals surface area contributed by atoms with E-state index in [9.17, 15) is 0 Å². The van der Waals surface area contributed by atoms with Crippen LogP contribution in [0.25, 0.3) is 0 Å². The van der Waals surface area contributed by atoms with Gasteiger partial charge in [0, 0.05) is 29.2 Å². The molecule has 1 N–H and O–H groups in total. The Labute approximate surface area is 125 Å². The van der Waals surface area contributed by atoms with E-state index >= 15 is 0 Å². The Hall–Kier alpha value is -1.39. The predicted octanol–water partition coefficient (Wildman–Crippen LogP) is 3.84. The summed E-state index contributed by atoms with van der Waals surface area (Å²) < 4.78 is 6.01. The summed E-state index contributed by atoms with van der Waals surface area (Å²) in [5, 5.41) is 6.51. The van der Waals surface area contributed by atoms with E-state index in [1.165, 1.54) is 11.1 Å². The SMILES string of the molecule is Cc1csc(COc2c(C)cccc2CNC(C)C)n1. The maximum absolute atomic E-state index is 6.01. The molecule has 1 heterocycles. The number of nitrogens with one attached hydrogen (secondary N) is 1. The lowest BCUT2D eigenvalue weighted by Gasteiger charge is -2.15. The van der Waals surface area contributed by atoms with Crippen molar-refractivity contribution in [3.05, 3.63) is 45.4 Å². The molecule has 2 aromatic rings. The van der Waals surface area contributed by atoms with E-state index in [2.05, 4.69) is 54.7 Å². The molecule has 0 bridgehead atoms. The lowest BCUT2D eigenvalue weighted by molar-refractivity contribution is 0.299. The second kappa shape index (κ2) is 6.86. The van der Waals surface area contributed by atoms with Crippen LogP contribution in [0.4, 0.5) is 0 Å². The van der Waals surface area contributed by atoms with Crippen molar-refractivity contribution in [2.75, 3.05) is 0 Å². The van der Waals surface area contributed by atoms with Crippen LogP contribution in [0.3, 0.4) is 0 Å². The highest BCUT2D eigenvalue weighted by molar-refractivity contribution is 7.09. The molecule has 0 unspecified atom stereocenters. The average Bonchev–Trinajstić information content (AvgIpc) is 2.81. The van der Waals surface area contributed by atoms with E-state index in [0.29, 0.717) is 12.6 Å². The van der Waals surface area contributed by atoms with Gasteiger partial charge in [0.25, 0.3) is 0 Å². The number of aromatic nitrogens is 1. The molecule has 0 saturated heterocycles. The van der Waals surface area contributed by atoms with Gasteiger partial charge in [0.05, 0.1) is 0 Å². The van der Waals surface area contributed by atoms with Crippen molar-refractivity contribution in [1.82, 2.24) is 10.3 Å². The van der Waals surface area contributed by atoms with E-state index in [-0.39, 0.29) is 0 Å². The van der Waals surface area contributed by atoms with Gasteiger partial charge in [0.1, 0.15) is 17.4 Å². The second-order valence-corrected chi connectivity index (χ2v) is 6.21. The van der Waals surface area contributed by atoms with Crippen LogP contribution < -0.4 is 10.1 Å². The highest BCUT2D eigenvalue weighted by Gasteiger charge is 2.09. The van der Waals surface area contributed by atoms with Gasteiger partial charge in [-0.3, -0.25) is 0 Å². The van der Waals surface area contributed by atoms with Gasteiger partial charge < -0.3 is 10.1 Å². The Balaban J connectivity index is 2.08. The summed E-state index contributed by atoms with van der Waals surface area (Å²) in [4.78, 5) is 4.44. The maximum atomic E-state index is 6.01. The molecule has 1 aromatic heterocycles. The van der Waals surface area contributed by atoms with Crippen LogP contribution >= 0.6 is 11.3 Å². The first-order valence-electron chi connectivity index (χ1n) is 6.92. The fraction of sp³-hybridized carbons (Fsp3) is 0.438. The quantitative estimate of drug-likeness (QED) is 0.877. The van der Waals surface area contributed by atoms with Crippen molar-refractivity contribution >= 4 is 11.3 Å². The summed E-state index contributed by atoms with van der Waals surface area (Å²) in [6, 6.07) is 6.74. The van der Waals surface area contributed by atoms with Gasteiger partial charge in [-0.25, -0.2) is 4.98 Å². The van der Waals surface area contributed by atoms with Crippen LogP contribution in [0.1, 0.15) is 35.7 Å². The first-order valence-corrected chi connectivity index (χ1v) is 7.80. The van der Waals surface area contributed by atoms with E-state index in [1.807, 2.05) is 6.92 Å². The number of thiazole rings is 1.